The average molecular weight is 428 g/mol. The molecule has 1 aromatic heterocycles. The fourth-order valence-corrected chi connectivity index (χ4v) is 3.50. The third-order valence-electron chi connectivity index (χ3n) is 5.33. The van der Waals surface area contributed by atoms with E-state index in [1.165, 1.54) is 0 Å². The molecule has 1 N–H and O–H groups in total. The van der Waals surface area contributed by atoms with Gasteiger partial charge in [0.25, 0.3) is 5.91 Å². The standard InChI is InChI=1S/C26H25N3O3/c1-17-4-7-22(26-29-28-18(2)32-26)16-24(17)20-8-10-21(11-9-20)25(30)27-15-14-19-5-12-23(31-3)13-6-19/h4-13,16H,14-15H2,1-3H3,(H,27,30). The Labute approximate surface area is 187 Å². The number of hydrogen-bond donors (Lipinski definition) is 1. The van der Waals surface area contributed by atoms with Gasteiger partial charge in [-0.05, 0) is 72.0 Å². The van der Waals surface area contributed by atoms with Crippen LogP contribution in [0.4, 0.5) is 0 Å². The van der Waals surface area contributed by atoms with E-state index in [1.807, 2.05) is 66.7 Å². The quantitative estimate of drug-likeness (QED) is 0.449. The molecule has 1 amide bonds. The molecule has 0 saturated heterocycles. The van der Waals surface area contributed by atoms with Crippen LogP contribution in [0.3, 0.4) is 0 Å². The summed E-state index contributed by atoms with van der Waals surface area (Å²) in [6, 6.07) is 21.5. The number of rotatable bonds is 7. The topological polar surface area (TPSA) is 77.2 Å². The van der Waals surface area contributed by atoms with Crippen molar-refractivity contribution in [2.45, 2.75) is 20.3 Å². The molecule has 0 aliphatic heterocycles. The second-order valence-electron chi connectivity index (χ2n) is 7.59. The van der Waals surface area contributed by atoms with Crippen LogP contribution >= 0.6 is 0 Å². The number of amides is 1. The molecule has 0 aliphatic carbocycles. The Morgan fingerprint density at radius 1 is 0.938 bits per heavy atom. The molecule has 0 saturated carbocycles. The number of carbonyl (C=O) groups excluding carboxylic acids is 1. The van der Waals surface area contributed by atoms with E-state index in [1.54, 1.807) is 14.0 Å². The van der Waals surface area contributed by atoms with Crippen LogP contribution in [0, 0.1) is 13.8 Å². The molecular weight excluding hydrogens is 402 g/mol. The summed E-state index contributed by atoms with van der Waals surface area (Å²) in [4.78, 5) is 12.5. The summed E-state index contributed by atoms with van der Waals surface area (Å²) in [6.07, 6.45) is 0.759. The maximum Gasteiger partial charge on any atom is 0.251 e. The van der Waals surface area contributed by atoms with E-state index >= 15 is 0 Å². The van der Waals surface area contributed by atoms with Crippen molar-refractivity contribution in [1.82, 2.24) is 15.5 Å². The zero-order valence-corrected chi connectivity index (χ0v) is 18.4. The molecule has 6 heteroatoms. The van der Waals surface area contributed by atoms with Crippen molar-refractivity contribution in [1.29, 1.82) is 0 Å². The Kier molecular flexibility index (Phi) is 6.31. The second-order valence-corrected chi connectivity index (χ2v) is 7.59. The first-order valence-corrected chi connectivity index (χ1v) is 10.5. The second kappa shape index (κ2) is 9.47. The van der Waals surface area contributed by atoms with Gasteiger partial charge in [-0.1, -0.05) is 30.3 Å². The van der Waals surface area contributed by atoms with Crippen molar-refractivity contribution in [3.63, 3.8) is 0 Å². The minimum absolute atomic E-state index is 0.0862. The molecule has 0 atom stereocenters. The van der Waals surface area contributed by atoms with Crippen LogP contribution in [0.25, 0.3) is 22.6 Å². The number of hydrogen-bond acceptors (Lipinski definition) is 5. The molecule has 0 radical (unpaired) electrons. The lowest BCUT2D eigenvalue weighted by molar-refractivity contribution is 0.0954. The fourth-order valence-electron chi connectivity index (χ4n) is 3.50. The van der Waals surface area contributed by atoms with E-state index in [-0.39, 0.29) is 5.91 Å². The number of methoxy groups -OCH3 is 1. The highest BCUT2D eigenvalue weighted by atomic mass is 16.5. The van der Waals surface area contributed by atoms with Crippen molar-refractivity contribution < 1.29 is 13.9 Å². The molecule has 0 spiro atoms. The maximum absolute atomic E-state index is 12.5. The molecule has 162 valence electrons. The number of aromatic nitrogens is 2. The SMILES string of the molecule is COc1ccc(CCNC(=O)c2ccc(-c3cc(-c4nnc(C)o4)ccc3C)cc2)cc1. The van der Waals surface area contributed by atoms with E-state index < -0.39 is 0 Å². The smallest absolute Gasteiger partial charge is 0.251 e. The van der Waals surface area contributed by atoms with Gasteiger partial charge in [-0.25, -0.2) is 0 Å². The van der Waals surface area contributed by atoms with Crippen LogP contribution in [0.5, 0.6) is 5.75 Å². The summed E-state index contributed by atoms with van der Waals surface area (Å²) < 4.78 is 10.7. The highest BCUT2D eigenvalue weighted by Crippen LogP contribution is 2.29. The molecule has 4 aromatic rings. The van der Waals surface area contributed by atoms with Crippen molar-refractivity contribution in [2.75, 3.05) is 13.7 Å². The molecule has 0 fully saturated rings. The first-order chi connectivity index (χ1) is 15.5. The number of aryl methyl sites for hydroxylation is 2. The van der Waals surface area contributed by atoms with Gasteiger partial charge in [0.1, 0.15) is 5.75 Å². The van der Waals surface area contributed by atoms with E-state index in [9.17, 15) is 4.79 Å². The molecule has 0 aliphatic rings. The predicted molar refractivity (Wildman–Crippen MR) is 124 cm³/mol. The largest absolute Gasteiger partial charge is 0.497 e. The third kappa shape index (κ3) is 4.86. The summed E-state index contributed by atoms with van der Waals surface area (Å²) in [6.45, 7) is 4.39. The number of carbonyl (C=O) groups is 1. The first kappa shape index (κ1) is 21.3. The Morgan fingerprint density at radius 3 is 2.31 bits per heavy atom. The van der Waals surface area contributed by atoms with E-state index in [4.69, 9.17) is 9.15 Å². The summed E-state index contributed by atoms with van der Waals surface area (Å²) >= 11 is 0. The van der Waals surface area contributed by atoms with Crippen molar-refractivity contribution in [3.05, 3.63) is 89.3 Å². The average Bonchev–Trinajstić information content (AvgIpc) is 3.26. The summed E-state index contributed by atoms with van der Waals surface area (Å²) in [5.41, 5.74) is 5.85. The van der Waals surface area contributed by atoms with Gasteiger partial charge in [0, 0.05) is 24.6 Å². The molecule has 0 unspecified atom stereocenters. The zero-order valence-electron chi connectivity index (χ0n) is 18.4. The van der Waals surface area contributed by atoms with Gasteiger partial charge in [-0.15, -0.1) is 10.2 Å². The number of nitrogens with zero attached hydrogens (tertiary/aromatic N) is 2. The van der Waals surface area contributed by atoms with Crippen LogP contribution in [0.2, 0.25) is 0 Å². The molecule has 3 aromatic carbocycles. The normalized spacial score (nSPS) is 10.7. The summed E-state index contributed by atoms with van der Waals surface area (Å²) in [7, 11) is 1.65. The van der Waals surface area contributed by atoms with Gasteiger partial charge < -0.3 is 14.5 Å². The van der Waals surface area contributed by atoms with Gasteiger partial charge in [-0.2, -0.15) is 0 Å². The lowest BCUT2D eigenvalue weighted by Gasteiger charge is -2.10. The molecule has 0 bridgehead atoms. The fraction of sp³-hybridized carbons (Fsp3) is 0.192. The number of nitrogens with one attached hydrogen (secondary N) is 1. The minimum atomic E-state index is -0.0862. The van der Waals surface area contributed by atoms with Crippen molar-refractivity contribution >= 4 is 5.91 Å². The Hall–Kier alpha value is -3.93. The highest BCUT2D eigenvalue weighted by Gasteiger charge is 2.11. The summed E-state index contributed by atoms with van der Waals surface area (Å²) in [5, 5.41) is 11.0. The lowest BCUT2D eigenvalue weighted by atomic mass is 9.97. The molecule has 4 rings (SSSR count). The Balaban J connectivity index is 1.41. The lowest BCUT2D eigenvalue weighted by Crippen LogP contribution is -2.25. The van der Waals surface area contributed by atoms with Crippen LogP contribution in [0.1, 0.15) is 27.4 Å². The Bertz CT molecular complexity index is 1210. The monoisotopic (exact) mass is 427 g/mol. The summed E-state index contributed by atoms with van der Waals surface area (Å²) in [5.74, 6) is 1.77. The van der Waals surface area contributed by atoms with Gasteiger partial charge >= 0.3 is 0 Å². The van der Waals surface area contributed by atoms with Crippen LogP contribution < -0.4 is 10.1 Å². The molecule has 6 nitrogen and oxygen atoms in total. The predicted octanol–water partition coefficient (Wildman–Crippen LogP) is 5.00. The first-order valence-electron chi connectivity index (χ1n) is 10.5. The van der Waals surface area contributed by atoms with E-state index in [0.717, 1.165) is 40.0 Å². The highest BCUT2D eigenvalue weighted by molar-refractivity contribution is 5.94. The molecule has 32 heavy (non-hydrogen) atoms. The molecule has 1 heterocycles. The van der Waals surface area contributed by atoms with Crippen molar-refractivity contribution in [2.24, 2.45) is 0 Å². The van der Waals surface area contributed by atoms with E-state index in [0.29, 0.717) is 23.9 Å². The van der Waals surface area contributed by atoms with Crippen LogP contribution in [-0.4, -0.2) is 29.8 Å². The van der Waals surface area contributed by atoms with Crippen LogP contribution in [-0.2, 0) is 6.42 Å². The van der Waals surface area contributed by atoms with Crippen LogP contribution in [0.15, 0.2) is 71.1 Å². The maximum atomic E-state index is 12.5. The third-order valence-corrected chi connectivity index (χ3v) is 5.33. The Morgan fingerprint density at radius 2 is 1.66 bits per heavy atom. The van der Waals surface area contributed by atoms with E-state index in [2.05, 4.69) is 22.4 Å². The minimum Gasteiger partial charge on any atom is -0.497 e. The van der Waals surface area contributed by atoms with Crippen molar-refractivity contribution in [3.8, 4) is 28.3 Å². The van der Waals surface area contributed by atoms with Gasteiger partial charge in [-0.3, -0.25) is 4.79 Å². The zero-order chi connectivity index (χ0) is 22.5. The van der Waals surface area contributed by atoms with Gasteiger partial charge in [0.05, 0.1) is 7.11 Å². The van der Waals surface area contributed by atoms with Gasteiger partial charge in [0.15, 0.2) is 0 Å². The number of benzene rings is 3. The number of ether oxygens (including phenoxy) is 1. The molecular formula is C26H25N3O3. The van der Waals surface area contributed by atoms with Gasteiger partial charge in [0.2, 0.25) is 11.8 Å².